The molecule has 1 fully saturated rings. The number of nitrogen functional groups attached to an aromatic ring is 1. The number of Topliss-reactive ketones (excluding diaryl/α,β-unsaturated/α-hetero) is 1. The Morgan fingerprint density at radius 2 is 1.71 bits per heavy atom. The molecule has 3 atom stereocenters. The summed E-state index contributed by atoms with van der Waals surface area (Å²) in [6, 6.07) is 15.7. The predicted molar refractivity (Wildman–Crippen MR) is 138 cm³/mol. The van der Waals surface area contributed by atoms with Crippen molar-refractivity contribution in [1.29, 1.82) is 5.41 Å². The van der Waals surface area contributed by atoms with Crippen molar-refractivity contribution in [1.82, 2.24) is 20.9 Å². The zero-order valence-electron chi connectivity index (χ0n) is 20.8. The van der Waals surface area contributed by atoms with Gasteiger partial charge in [0, 0.05) is 5.92 Å². The van der Waals surface area contributed by atoms with Crippen LogP contribution in [-0.2, 0) is 14.3 Å². The number of alkyl carbamates (subject to hydrolysis) is 1. The lowest BCUT2D eigenvalue weighted by atomic mass is 9.84. The van der Waals surface area contributed by atoms with E-state index in [-0.39, 0.29) is 17.4 Å². The number of oxazole rings is 1. The van der Waals surface area contributed by atoms with Gasteiger partial charge in [-0.15, -0.1) is 0 Å². The minimum atomic E-state index is -1.20. The van der Waals surface area contributed by atoms with Crippen LogP contribution in [-0.4, -0.2) is 54.3 Å². The molecule has 38 heavy (non-hydrogen) atoms. The number of carbonyl (C=O) groups is 3. The number of amidine groups is 1. The molecular weight excluding hydrogens is 488 g/mol. The molecule has 11 heteroatoms. The van der Waals surface area contributed by atoms with E-state index in [9.17, 15) is 14.4 Å². The quantitative estimate of drug-likeness (QED) is 0.200. The van der Waals surface area contributed by atoms with Crippen molar-refractivity contribution in [2.75, 3.05) is 13.7 Å². The molecule has 1 aromatic heterocycles. The fraction of sp³-hybridized carbons (Fsp3) is 0.296. The zero-order chi connectivity index (χ0) is 27.1. The Kier molecular flexibility index (Phi) is 8.49. The van der Waals surface area contributed by atoms with Gasteiger partial charge in [0.25, 0.3) is 5.89 Å². The summed E-state index contributed by atoms with van der Waals surface area (Å²) in [6.45, 7) is 0.672. The number of carbonyl (C=O) groups excluding carboxylic acids is 3. The van der Waals surface area contributed by atoms with E-state index >= 15 is 0 Å². The van der Waals surface area contributed by atoms with E-state index in [0.29, 0.717) is 13.0 Å². The summed E-state index contributed by atoms with van der Waals surface area (Å²) in [5.41, 5.74) is 7.15. The molecule has 11 nitrogen and oxygen atoms in total. The van der Waals surface area contributed by atoms with Gasteiger partial charge >= 0.3 is 6.09 Å². The maximum absolute atomic E-state index is 13.9. The normalized spacial score (nSPS) is 16.4. The molecule has 1 saturated heterocycles. The van der Waals surface area contributed by atoms with Gasteiger partial charge in [0.1, 0.15) is 24.0 Å². The summed E-state index contributed by atoms with van der Waals surface area (Å²) in [4.78, 5) is 44.0. The summed E-state index contributed by atoms with van der Waals surface area (Å²) < 4.78 is 10.1. The molecule has 1 unspecified atom stereocenters. The van der Waals surface area contributed by atoms with Crippen LogP contribution in [0.4, 0.5) is 4.79 Å². The first-order valence-electron chi connectivity index (χ1n) is 12.2. The van der Waals surface area contributed by atoms with Gasteiger partial charge in [-0.3, -0.25) is 15.0 Å². The Morgan fingerprint density at radius 1 is 1.08 bits per heavy atom. The number of nitrogens with two attached hydrogens (primary N) is 1. The third-order valence-corrected chi connectivity index (χ3v) is 6.41. The van der Waals surface area contributed by atoms with Gasteiger partial charge < -0.3 is 30.8 Å². The van der Waals surface area contributed by atoms with Gasteiger partial charge in [-0.05, 0) is 30.5 Å². The van der Waals surface area contributed by atoms with Crippen molar-refractivity contribution in [2.24, 2.45) is 5.73 Å². The van der Waals surface area contributed by atoms with E-state index in [1.807, 2.05) is 60.7 Å². The summed E-state index contributed by atoms with van der Waals surface area (Å²) in [6.07, 6.45) is 1.81. The summed E-state index contributed by atoms with van der Waals surface area (Å²) in [7, 11) is 1.21. The third kappa shape index (κ3) is 6.06. The Hall–Kier alpha value is -4.51. The molecule has 0 saturated carbocycles. The van der Waals surface area contributed by atoms with Crippen molar-refractivity contribution in [2.45, 2.75) is 36.9 Å². The lowest BCUT2D eigenvalue weighted by molar-refractivity contribution is -0.130. The molecule has 0 radical (unpaired) electrons. The first-order chi connectivity index (χ1) is 18.4. The van der Waals surface area contributed by atoms with E-state index in [0.717, 1.165) is 17.5 Å². The van der Waals surface area contributed by atoms with Gasteiger partial charge in [-0.1, -0.05) is 60.7 Å². The Balaban J connectivity index is 1.73. The number of amides is 2. The van der Waals surface area contributed by atoms with Crippen molar-refractivity contribution in [3.8, 4) is 0 Å². The molecule has 0 aliphatic carbocycles. The van der Waals surface area contributed by atoms with Crippen LogP contribution in [0.2, 0.25) is 0 Å². The Bertz CT molecular complexity index is 1230. The number of aromatic nitrogens is 1. The first kappa shape index (κ1) is 26.6. The highest BCUT2D eigenvalue weighted by Crippen LogP contribution is 2.29. The van der Waals surface area contributed by atoms with Crippen molar-refractivity contribution < 1.29 is 23.5 Å². The molecule has 2 amide bonds. The highest BCUT2D eigenvalue weighted by atomic mass is 16.5. The number of hydrogen-bond donors (Lipinski definition) is 5. The molecule has 0 spiro atoms. The highest BCUT2D eigenvalue weighted by Gasteiger charge is 2.38. The molecule has 2 heterocycles. The minimum Gasteiger partial charge on any atom is -0.453 e. The van der Waals surface area contributed by atoms with Crippen LogP contribution >= 0.6 is 0 Å². The average Bonchev–Trinajstić information content (AvgIpc) is 3.65. The Morgan fingerprint density at radius 3 is 2.21 bits per heavy atom. The predicted octanol–water partition coefficient (Wildman–Crippen LogP) is 1.99. The SMILES string of the molecule is COC(=O)N[C@@H](C(=O)NC(C(=O)[C@@H]1CCCN1)c1coc(C(=N)N)n1)C(c1ccccc1)c1ccccc1. The smallest absolute Gasteiger partial charge is 0.407 e. The molecule has 1 aliphatic rings. The monoisotopic (exact) mass is 518 g/mol. The number of nitrogens with one attached hydrogen (secondary N) is 4. The zero-order valence-corrected chi connectivity index (χ0v) is 20.8. The molecule has 6 N–H and O–H groups in total. The summed E-state index contributed by atoms with van der Waals surface area (Å²) in [5.74, 6) is -2.13. The lowest BCUT2D eigenvalue weighted by Gasteiger charge is -2.29. The minimum absolute atomic E-state index is 0.107. The number of hydrogen-bond acceptors (Lipinski definition) is 8. The second-order valence-corrected chi connectivity index (χ2v) is 8.90. The van der Waals surface area contributed by atoms with Crippen molar-refractivity contribution >= 4 is 23.6 Å². The van der Waals surface area contributed by atoms with E-state index in [2.05, 4.69) is 20.9 Å². The molecular formula is C27H30N6O5. The average molecular weight is 519 g/mol. The molecule has 1 aliphatic heterocycles. The number of ether oxygens (including phenoxy) is 1. The van der Waals surface area contributed by atoms with E-state index < -0.39 is 41.9 Å². The van der Waals surface area contributed by atoms with E-state index in [4.69, 9.17) is 20.3 Å². The van der Waals surface area contributed by atoms with Gasteiger partial charge in [0.05, 0.1) is 13.2 Å². The Labute approximate surface area is 219 Å². The van der Waals surface area contributed by atoms with Crippen LogP contribution in [0.3, 0.4) is 0 Å². The number of ketones is 1. The summed E-state index contributed by atoms with van der Waals surface area (Å²) in [5, 5.41) is 16.2. The van der Waals surface area contributed by atoms with Gasteiger partial charge in [0.2, 0.25) is 5.91 Å². The third-order valence-electron chi connectivity index (χ3n) is 6.41. The second-order valence-electron chi connectivity index (χ2n) is 8.90. The molecule has 3 aromatic rings. The molecule has 2 aromatic carbocycles. The fourth-order valence-corrected chi connectivity index (χ4v) is 4.58. The van der Waals surface area contributed by atoms with Crippen molar-refractivity contribution in [3.63, 3.8) is 0 Å². The van der Waals surface area contributed by atoms with Crippen LogP contribution in [0, 0.1) is 5.41 Å². The molecule has 4 rings (SSSR count). The second kappa shape index (κ2) is 12.2. The van der Waals surface area contributed by atoms with Gasteiger partial charge in [0.15, 0.2) is 11.6 Å². The number of nitrogens with zero attached hydrogens (tertiary/aromatic N) is 1. The molecule has 0 bridgehead atoms. The fourth-order valence-electron chi connectivity index (χ4n) is 4.58. The lowest BCUT2D eigenvalue weighted by Crippen LogP contribution is -2.53. The van der Waals surface area contributed by atoms with Crippen LogP contribution in [0.5, 0.6) is 0 Å². The maximum Gasteiger partial charge on any atom is 0.407 e. The standard InChI is InChI=1S/C27H30N6O5/c1-37-27(36)33-22(20(16-9-4-2-5-10-16)17-11-6-3-7-12-17)25(35)32-21(23(34)18-13-8-14-30-18)19-15-38-26(31-19)24(28)29/h2-7,9-12,15,18,20-22,30H,8,13-14H2,1H3,(H3,28,29)(H,32,35)(H,33,36)/t18-,21?,22+/m0/s1. The van der Waals surface area contributed by atoms with Crippen LogP contribution < -0.4 is 21.7 Å². The number of benzene rings is 2. The number of methoxy groups -OCH3 is 1. The maximum atomic E-state index is 13.9. The van der Waals surface area contributed by atoms with Crippen LogP contribution in [0.25, 0.3) is 0 Å². The molecule has 198 valence electrons. The summed E-state index contributed by atoms with van der Waals surface area (Å²) >= 11 is 0. The van der Waals surface area contributed by atoms with E-state index in [1.54, 1.807) is 0 Å². The van der Waals surface area contributed by atoms with Crippen LogP contribution in [0.15, 0.2) is 71.3 Å². The number of rotatable bonds is 10. The van der Waals surface area contributed by atoms with Gasteiger partial charge in [-0.25, -0.2) is 9.78 Å². The van der Waals surface area contributed by atoms with E-state index in [1.165, 1.54) is 13.4 Å². The highest BCUT2D eigenvalue weighted by molar-refractivity contribution is 5.96. The first-order valence-corrected chi connectivity index (χ1v) is 12.2. The van der Waals surface area contributed by atoms with Crippen LogP contribution in [0.1, 0.15) is 47.5 Å². The largest absolute Gasteiger partial charge is 0.453 e. The van der Waals surface area contributed by atoms with Gasteiger partial charge in [-0.2, -0.15) is 0 Å². The topological polar surface area (TPSA) is 172 Å². The van der Waals surface area contributed by atoms with Crippen molar-refractivity contribution in [3.05, 3.63) is 89.6 Å².